The van der Waals surface area contributed by atoms with E-state index < -0.39 is 6.03 Å². The summed E-state index contributed by atoms with van der Waals surface area (Å²) in [5, 5.41) is 22.3. The molecule has 0 aliphatic carbocycles. The second-order valence-corrected chi connectivity index (χ2v) is 4.12. The van der Waals surface area contributed by atoms with Gasteiger partial charge in [-0.25, -0.2) is 9.48 Å². The zero-order valence-corrected chi connectivity index (χ0v) is 10.8. The summed E-state index contributed by atoms with van der Waals surface area (Å²) in [6, 6.07) is 6.55. The predicted molar refractivity (Wildman–Crippen MR) is 74.1 cm³/mol. The molecule has 1 aromatic heterocycles. The van der Waals surface area contributed by atoms with Gasteiger partial charge < -0.3 is 21.5 Å². The molecule has 1 aromatic carbocycles. The molecular weight excluding hydrogens is 260 g/mol. The first kappa shape index (κ1) is 13.8. The second-order valence-electron chi connectivity index (χ2n) is 4.12. The zero-order chi connectivity index (χ0) is 14.4. The summed E-state index contributed by atoms with van der Waals surface area (Å²) in [6.45, 7) is 0.985. The van der Waals surface area contributed by atoms with E-state index in [1.165, 1.54) is 0 Å². The van der Waals surface area contributed by atoms with E-state index in [1.54, 1.807) is 23.0 Å². The Morgan fingerprint density at radius 2 is 2.00 bits per heavy atom. The van der Waals surface area contributed by atoms with Crippen LogP contribution in [0.3, 0.4) is 0 Å². The minimum absolute atomic E-state index is 0.0323. The van der Waals surface area contributed by atoms with Crippen LogP contribution in [0, 0.1) is 0 Å². The summed E-state index contributed by atoms with van der Waals surface area (Å²) in [4.78, 5) is 10.7. The van der Waals surface area contributed by atoms with Crippen LogP contribution in [0.1, 0.15) is 5.69 Å². The maximum atomic E-state index is 10.7. The van der Waals surface area contributed by atoms with E-state index in [9.17, 15) is 4.79 Å². The SMILES string of the molecule is NC(=O)Nc1ccc(NCc2cn(CCO)nn2)cc1. The molecule has 0 saturated carbocycles. The van der Waals surface area contributed by atoms with Crippen molar-refractivity contribution in [2.45, 2.75) is 13.1 Å². The molecule has 0 atom stereocenters. The molecule has 0 saturated heterocycles. The zero-order valence-electron chi connectivity index (χ0n) is 10.8. The highest BCUT2D eigenvalue weighted by Crippen LogP contribution is 2.13. The topological polar surface area (TPSA) is 118 Å². The van der Waals surface area contributed by atoms with Crippen LogP contribution in [0.4, 0.5) is 16.2 Å². The number of nitrogens with zero attached hydrogens (tertiary/aromatic N) is 3. The van der Waals surface area contributed by atoms with E-state index in [0.29, 0.717) is 18.8 Å². The van der Waals surface area contributed by atoms with Gasteiger partial charge in [-0.2, -0.15) is 0 Å². The fourth-order valence-electron chi connectivity index (χ4n) is 1.64. The third-order valence-corrected chi connectivity index (χ3v) is 2.54. The summed E-state index contributed by atoms with van der Waals surface area (Å²) >= 11 is 0. The van der Waals surface area contributed by atoms with E-state index in [2.05, 4.69) is 20.9 Å². The number of aliphatic hydroxyl groups excluding tert-OH is 1. The number of primary amides is 1. The molecule has 2 aromatic rings. The van der Waals surface area contributed by atoms with E-state index in [1.807, 2.05) is 12.1 Å². The lowest BCUT2D eigenvalue weighted by molar-refractivity contribution is 0.259. The van der Waals surface area contributed by atoms with Crippen LogP contribution in [-0.2, 0) is 13.1 Å². The molecule has 0 radical (unpaired) electrons. The molecule has 0 spiro atoms. The second kappa shape index (κ2) is 6.53. The van der Waals surface area contributed by atoms with Gasteiger partial charge in [0.15, 0.2) is 0 Å². The molecular formula is C12H16N6O2. The van der Waals surface area contributed by atoms with Crippen molar-refractivity contribution in [1.29, 1.82) is 0 Å². The highest BCUT2D eigenvalue weighted by molar-refractivity contribution is 5.87. The van der Waals surface area contributed by atoms with Crippen LogP contribution < -0.4 is 16.4 Å². The molecule has 0 unspecified atom stereocenters. The van der Waals surface area contributed by atoms with Gasteiger partial charge in [-0.15, -0.1) is 5.10 Å². The Morgan fingerprint density at radius 3 is 2.65 bits per heavy atom. The van der Waals surface area contributed by atoms with Crippen molar-refractivity contribution in [2.75, 3.05) is 17.2 Å². The Labute approximate surface area is 115 Å². The Hall–Kier alpha value is -2.61. The van der Waals surface area contributed by atoms with Gasteiger partial charge >= 0.3 is 6.03 Å². The molecule has 2 amide bonds. The fraction of sp³-hybridized carbons (Fsp3) is 0.250. The molecule has 8 nitrogen and oxygen atoms in total. The monoisotopic (exact) mass is 276 g/mol. The minimum Gasteiger partial charge on any atom is -0.394 e. The molecule has 8 heteroatoms. The first-order chi connectivity index (χ1) is 9.67. The smallest absolute Gasteiger partial charge is 0.316 e. The number of aromatic nitrogens is 3. The maximum absolute atomic E-state index is 10.7. The highest BCUT2D eigenvalue weighted by atomic mass is 16.3. The normalized spacial score (nSPS) is 10.2. The number of urea groups is 1. The summed E-state index contributed by atoms with van der Waals surface area (Å²) in [5.41, 5.74) is 7.32. The Bertz CT molecular complexity index is 566. The molecule has 2 rings (SSSR count). The van der Waals surface area contributed by atoms with Crippen LogP contribution >= 0.6 is 0 Å². The van der Waals surface area contributed by atoms with E-state index in [4.69, 9.17) is 10.8 Å². The van der Waals surface area contributed by atoms with Gasteiger partial charge in [0, 0.05) is 11.4 Å². The Kier molecular flexibility index (Phi) is 4.51. The number of carbonyl (C=O) groups is 1. The van der Waals surface area contributed by atoms with Gasteiger partial charge in [0.1, 0.15) is 5.69 Å². The van der Waals surface area contributed by atoms with Crippen molar-refractivity contribution in [3.05, 3.63) is 36.2 Å². The number of rotatable bonds is 6. The summed E-state index contributed by atoms with van der Waals surface area (Å²) in [6.07, 6.45) is 1.77. The summed E-state index contributed by atoms with van der Waals surface area (Å²) in [7, 11) is 0. The number of anilines is 2. The van der Waals surface area contributed by atoms with Crippen molar-refractivity contribution in [1.82, 2.24) is 15.0 Å². The van der Waals surface area contributed by atoms with Crippen molar-refractivity contribution in [2.24, 2.45) is 5.73 Å². The molecule has 0 aliphatic rings. The number of nitrogens with one attached hydrogen (secondary N) is 2. The molecule has 0 fully saturated rings. The average Bonchev–Trinajstić information content (AvgIpc) is 2.86. The first-order valence-corrected chi connectivity index (χ1v) is 6.07. The predicted octanol–water partition coefficient (Wildman–Crippen LogP) is 0.373. The standard InChI is InChI=1S/C12H16N6O2/c13-12(20)15-10-3-1-9(2-4-10)14-7-11-8-18(5-6-19)17-16-11/h1-4,8,14,19H,5-7H2,(H3,13,15,20). The quantitative estimate of drug-likeness (QED) is 0.608. The van der Waals surface area contributed by atoms with Crippen molar-refractivity contribution in [3.63, 3.8) is 0 Å². The molecule has 5 N–H and O–H groups in total. The number of aliphatic hydroxyl groups is 1. The molecule has 106 valence electrons. The summed E-state index contributed by atoms with van der Waals surface area (Å²) < 4.78 is 1.58. The van der Waals surface area contributed by atoms with Crippen molar-refractivity contribution >= 4 is 17.4 Å². The number of amides is 2. The lowest BCUT2D eigenvalue weighted by atomic mass is 10.2. The maximum Gasteiger partial charge on any atom is 0.316 e. The van der Waals surface area contributed by atoms with Crippen LogP contribution in [0.2, 0.25) is 0 Å². The van der Waals surface area contributed by atoms with Gasteiger partial charge in [0.25, 0.3) is 0 Å². The summed E-state index contributed by atoms with van der Waals surface area (Å²) in [5.74, 6) is 0. The van der Waals surface area contributed by atoms with E-state index in [0.717, 1.165) is 11.4 Å². The van der Waals surface area contributed by atoms with Gasteiger partial charge in [-0.05, 0) is 24.3 Å². The number of nitrogens with two attached hydrogens (primary N) is 1. The van der Waals surface area contributed by atoms with Crippen LogP contribution in [0.15, 0.2) is 30.5 Å². The third-order valence-electron chi connectivity index (χ3n) is 2.54. The molecule has 20 heavy (non-hydrogen) atoms. The Balaban J connectivity index is 1.88. The Morgan fingerprint density at radius 1 is 1.30 bits per heavy atom. The van der Waals surface area contributed by atoms with Crippen LogP contribution in [0.5, 0.6) is 0 Å². The molecule has 0 aliphatic heterocycles. The fourth-order valence-corrected chi connectivity index (χ4v) is 1.64. The number of benzene rings is 1. The van der Waals surface area contributed by atoms with Gasteiger partial charge in [0.05, 0.1) is 25.9 Å². The molecule has 0 bridgehead atoms. The number of carbonyl (C=O) groups excluding carboxylic acids is 1. The van der Waals surface area contributed by atoms with E-state index >= 15 is 0 Å². The van der Waals surface area contributed by atoms with Gasteiger partial charge in [0.2, 0.25) is 0 Å². The third kappa shape index (κ3) is 3.95. The average molecular weight is 276 g/mol. The largest absolute Gasteiger partial charge is 0.394 e. The molecule has 1 heterocycles. The lowest BCUT2D eigenvalue weighted by Crippen LogP contribution is -2.19. The number of hydrogen-bond donors (Lipinski definition) is 4. The minimum atomic E-state index is -0.591. The van der Waals surface area contributed by atoms with E-state index in [-0.39, 0.29) is 6.61 Å². The van der Waals surface area contributed by atoms with Crippen LogP contribution in [0.25, 0.3) is 0 Å². The van der Waals surface area contributed by atoms with Crippen molar-refractivity contribution in [3.8, 4) is 0 Å². The first-order valence-electron chi connectivity index (χ1n) is 6.07. The van der Waals surface area contributed by atoms with Crippen LogP contribution in [-0.4, -0.2) is 32.7 Å². The van der Waals surface area contributed by atoms with Crippen molar-refractivity contribution < 1.29 is 9.90 Å². The van der Waals surface area contributed by atoms with Gasteiger partial charge in [-0.3, -0.25) is 0 Å². The number of hydrogen-bond acceptors (Lipinski definition) is 5. The highest BCUT2D eigenvalue weighted by Gasteiger charge is 2.01. The van der Waals surface area contributed by atoms with Gasteiger partial charge in [-0.1, -0.05) is 5.21 Å². The lowest BCUT2D eigenvalue weighted by Gasteiger charge is -2.06.